The average Bonchev–Trinajstić information content (AvgIpc) is 2.25. The van der Waals surface area contributed by atoms with Crippen molar-refractivity contribution in [1.29, 1.82) is 0 Å². The first-order chi connectivity index (χ1) is 6.83. The van der Waals surface area contributed by atoms with Gasteiger partial charge in [-0.3, -0.25) is 0 Å². The summed E-state index contributed by atoms with van der Waals surface area (Å²) >= 11 is 0. The number of nitrogens with one attached hydrogen (secondary N) is 2. The Bertz CT molecular complexity index is 291. The molecule has 0 amide bonds. The molecule has 6 nitrogen and oxygen atoms in total. The van der Waals surface area contributed by atoms with Crippen molar-refractivity contribution in [2.24, 2.45) is 5.84 Å². The van der Waals surface area contributed by atoms with E-state index in [1.54, 1.807) is 0 Å². The van der Waals surface area contributed by atoms with Gasteiger partial charge in [-0.1, -0.05) is 6.92 Å². The van der Waals surface area contributed by atoms with E-state index >= 15 is 0 Å². The smallest absolute Gasteiger partial charge is 0.148 e. The summed E-state index contributed by atoms with van der Waals surface area (Å²) in [5.41, 5.74) is 3.43. The summed E-state index contributed by atoms with van der Waals surface area (Å²) < 4.78 is 0. The Hall–Kier alpha value is -1.40. The monoisotopic (exact) mass is 197 g/mol. The van der Waals surface area contributed by atoms with E-state index in [1.165, 1.54) is 6.33 Å². The average molecular weight is 197 g/mol. The fourth-order valence-electron chi connectivity index (χ4n) is 1.20. The van der Waals surface area contributed by atoms with Crippen LogP contribution in [0.5, 0.6) is 0 Å². The molecule has 0 atom stereocenters. The zero-order valence-electron chi connectivity index (χ0n) is 8.12. The molecule has 0 aromatic carbocycles. The molecule has 0 saturated heterocycles. The molecule has 0 radical (unpaired) electrons. The summed E-state index contributed by atoms with van der Waals surface area (Å²) in [6.07, 6.45) is 2.20. The summed E-state index contributed by atoms with van der Waals surface area (Å²) in [7, 11) is 0. The van der Waals surface area contributed by atoms with Crippen molar-refractivity contribution >= 4 is 11.6 Å². The zero-order valence-corrected chi connectivity index (χ0v) is 8.12. The minimum Gasteiger partial charge on any atom is -0.395 e. The van der Waals surface area contributed by atoms with E-state index in [-0.39, 0.29) is 6.61 Å². The second-order valence-corrected chi connectivity index (χ2v) is 2.70. The molecule has 14 heavy (non-hydrogen) atoms. The molecule has 0 aliphatic heterocycles. The molecule has 0 bridgehead atoms. The SMILES string of the molecule is CCc1c(NN)ncnc1NCCO. The third-order valence-corrected chi connectivity index (χ3v) is 1.84. The molecule has 1 heterocycles. The molecular weight excluding hydrogens is 182 g/mol. The molecule has 1 rings (SSSR count). The number of aromatic nitrogens is 2. The first kappa shape index (κ1) is 10.7. The molecule has 0 fully saturated rings. The van der Waals surface area contributed by atoms with E-state index in [1.807, 2.05) is 6.92 Å². The van der Waals surface area contributed by atoms with Crippen molar-refractivity contribution in [3.05, 3.63) is 11.9 Å². The van der Waals surface area contributed by atoms with Gasteiger partial charge in [0.15, 0.2) is 0 Å². The van der Waals surface area contributed by atoms with E-state index in [4.69, 9.17) is 10.9 Å². The van der Waals surface area contributed by atoms with Crippen LogP contribution in [0.15, 0.2) is 6.33 Å². The lowest BCUT2D eigenvalue weighted by molar-refractivity contribution is 0.311. The van der Waals surface area contributed by atoms with E-state index in [2.05, 4.69) is 20.7 Å². The summed E-state index contributed by atoms with van der Waals surface area (Å²) in [6.45, 7) is 2.52. The highest BCUT2D eigenvalue weighted by Gasteiger charge is 2.07. The van der Waals surface area contributed by atoms with Crippen LogP contribution < -0.4 is 16.6 Å². The zero-order chi connectivity index (χ0) is 10.4. The molecule has 0 aliphatic rings. The quantitative estimate of drug-likeness (QED) is 0.383. The lowest BCUT2D eigenvalue weighted by atomic mass is 10.2. The topological polar surface area (TPSA) is 96.1 Å². The number of nitrogens with zero attached hydrogens (tertiary/aromatic N) is 2. The maximum absolute atomic E-state index is 8.67. The summed E-state index contributed by atoms with van der Waals surface area (Å²) in [5.74, 6) is 6.63. The molecule has 5 N–H and O–H groups in total. The van der Waals surface area contributed by atoms with Crippen molar-refractivity contribution in [3.63, 3.8) is 0 Å². The van der Waals surface area contributed by atoms with Gasteiger partial charge in [-0.15, -0.1) is 0 Å². The first-order valence-corrected chi connectivity index (χ1v) is 4.48. The Morgan fingerprint density at radius 2 is 2.14 bits per heavy atom. The van der Waals surface area contributed by atoms with Crippen LogP contribution in [-0.2, 0) is 6.42 Å². The second kappa shape index (κ2) is 5.36. The molecule has 0 spiro atoms. The molecule has 0 saturated carbocycles. The van der Waals surface area contributed by atoms with Gasteiger partial charge >= 0.3 is 0 Å². The van der Waals surface area contributed by atoms with E-state index in [0.29, 0.717) is 18.2 Å². The van der Waals surface area contributed by atoms with Gasteiger partial charge in [-0.25, -0.2) is 15.8 Å². The Labute approximate surface area is 82.5 Å². The predicted octanol–water partition coefficient (Wildman–Crippen LogP) is -0.271. The van der Waals surface area contributed by atoms with Gasteiger partial charge in [0.2, 0.25) is 0 Å². The molecule has 0 aliphatic carbocycles. The van der Waals surface area contributed by atoms with Crippen LogP contribution in [-0.4, -0.2) is 28.2 Å². The molecule has 1 aromatic rings. The molecule has 0 unspecified atom stereocenters. The van der Waals surface area contributed by atoms with Crippen molar-refractivity contribution in [1.82, 2.24) is 9.97 Å². The summed E-state index contributed by atoms with van der Waals surface area (Å²) in [6, 6.07) is 0. The standard InChI is InChI=1S/C8H15N5O/c1-2-6-7(10-3-4-14)11-5-12-8(6)13-9/h5,14H,2-4,9H2,1H3,(H2,10,11,12,13). The highest BCUT2D eigenvalue weighted by molar-refractivity contribution is 5.56. The van der Waals surface area contributed by atoms with Gasteiger partial charge in [0.1, 0.15) is 18.0 Å². The number of aliphatic hydroxyl groups is 1. The number of aliphatic hydroxyl groups excluding tert-OH is 1. The second-order valence-electron chi connectivity index (χ2n) is 2.70. The fourth-order valence-corrected chi connectivity index (χ4v) is 1.20. The van der Waals surface area contributed by atoms with E-state index in [9.17, 15) is 0 Å². The van der Waals surface area contributed by atoms with Crippen LogP contribution in [0.3, 0.4) is 0 Å². The Morgan fingerprint density at radius 3 is 2.71 bits per heavy atom. The maximum Gasteiger partial charge on any atom is 0.148 e. The highest BCUT2D eigenvalue weighted by atomic mass is 16.3. The predicted molar refractivity (Wildman–Crippen MR) is 54.8 cm³/mol. The van der Waals surface area contributed by atoms with Crippen molar-refractivity contribution in [3.8, 4) is 0 Å². The Balaban J connectivity index is 2.90. The minimum atomic E-state index is 0.0680. The molecule has 78 valence electrons. The van der Waals surface area contributed by atoms with Gasteiger partial charge < -0.3 is 15.8 Å². The van der Waals surface area contributed by atoms with Crippen molar-refractivity contribution in [2.75, 3.05) is 23.9 Å². The molecule has 6 heteroatoms. The largest absolute Gasteiger partial charge is 0.395 e. The Kier molecular flexibility index (Phi) is 4.09. The van der Waals surface area contributed by atoms with Gasteiger partial charge in [0, 0.05) is 12.1 Å². The maximum atomic E-state index is 8.67. The molecular formula is C8H15N5O. The van der Waals surface area contributed by atoms with Crippen LogP contribution in [0.1, 0.15) is 12.5 Å². The van der Waals surface area contributed by atoms with Gasteiger partial charge in [0.05, 0.1) is 6.61 Å². The number of nitrogens with two attached hydrogens (primary N) is 1. The number of hydrazine groups is 1. The lowest BCUT2D eigenvalue weighted by Gasteiger charge is -2.11. The van der Waals surface area contributed by atoms with Gasteiger partial charge in [0.25, 0.3) is 0 Å². The van der Waals surface area contributed by atoms with Crippen molar-refractivity contribution in [2.45, 2.75) is 13.3 Å². The van der Waals surface area contributed by atoms with Crippen LogP contribution in [0.2, 0.25) is 0 Å². The van der Waals surface area contributed by atoms with Gasteiger partial charge in [-0.2, -0.15) is 0 Å². The lowest BCUT2D eigenvalue weighted by Crippen LogP contribution is -2.15. The van der Waals surface area contributed by atoms with Crippen LogP contribution >= 0.6 is 0 Å². The number of anilines is 2. The first-order valence-electron chi connectivity index (χ1n) is 4.48. The Morgan fingerprint density at radius 1 is 1.43 bits per heavy atom. The summed E-state index contributed by atoms with van der Waals surface area (Å²) in [5, 5.41) is 11.7. The number of nitrogen functional groups attached to an aromatic ring is 1. The van der Waals surface area contributed by atoms with E-state index < -0.39 is 0 Å². The molecule has 1 aromatic heterocycles. The third-order valence-electron chi connectivity index (χ3n) is 1.84. The highest BCUT2D eigenvalue weighted by Crippen LogP contribution is 2.18. The normalized spacial score (nSPS) is 9.93. The van der Waals surface area contributed by atoms with E-state index in [0.717, 1.165) is 12.0 Å². The number of rotatable bonds is 5. The minimum absolute atomic E-state index is 0.0680. The van der Waals surface area contributed by atoms with Crippen LogP contribution in [0.25, 0.3) is 0 Å². The summed E-state index contributed by atoms with van der Waals surface area (Å²) in [4.78, 5) is 8.05. The van der Waals surface area contributed by atoms with Crippen LogP contribution in [0.4, 0.5) is 11.6 Å². The van der Waals surface area contributed by atoms with Crippen molar-refractivity contribution < 1.29 is 5.11 Å². The number of hydrogen-bond acceptors (Lipinski definition) is 6. The fraction of sp³-hybridized carbons (Fsp3) is 0.500. The number of hydrogen-bond donors (Lipinski definition) is 4. The van der Waals surface area contributed by atoms with Crippen LogP contribution in [0, 0.1) is 0 Å². The van der Waals surface area contributed by atoms with Gasteiger partial charge in [-0.05, 0) is 6.42 Å². The third kappa shape index (κ3) is 2.30.